The van der Waals surface area contributed by atoms with E-state index < -0.39 is 0 Å². The van der Waals surface area contributed by atoms with Gasteiger partial charge in [-0.25, -0.2) is 0 Å². The fourth-order valence-corrected chi connectivity index (χ4v) is 1.65. The third-order valence-corrected chi connectivity index (χ3v) is 2.36. The van der Waals surface area contributed by atoms with Crippen molar-refractivity contribution in [3.8, 4) is 0 Å². The summed E-state index contributed by atoms with van der Waals surface area (Å²) in [6.07, 6.45) is 2.88. The SMILES string of the molecule is CCOC(=O)C[C@@H](N)c1cn(C)nc1CC. The average molecular weight is 225 g/mol. The van der Waals surface area contributed by atoms with Crippen molar-refractivity contribution in [2.45, 2.75) is 32.7 Å². The van der Waals surface area contributed by atoms with Crippen LogP contribution in [-0.4, -0.2) is 22.4 Å². The van der Waals surface area contributed by atoms with Gasteiger partial charge in [0, 0.05) is 24.8 Å². The Bertz CT molecular complexity index is 360. The summed E-state index contributed by atoms with van der Waals surface area (Å²) in [4.78, 5) is 11.3. The van der Waals surface area contributed by atoms with Crippen LogP contribution >= 0.6 is 0 Å². The minimum absolute atomic E-state index is 0.201. The third kappa shape index (κ3) is 3.06. The van der Waals surface area contributed by atoms with Crippen molar-refractivity contribution in [3.63, 3.8) is 0 Å². The van der Waals surface area contributed by atoms with Gasteiger partial charge in [-0.05, 0) is 13.3 Å². The van der Waals surface area contributed by atoms with Crippen LogP contribution in [0.1, 0.15) is 37.6 Å². The Balaban J connectivity index is 2.71. The number of nitrogens with zero attached hydrogens (tertiary/aromatic N) is 2. The minimum Gasteiger partial charge on any atom is -0.466 e. The van der Waals surface area contributed by atoms with Gasteiger partial charge in [-0.15, -0.1) is 0 Å². The summed E-state index contributed by atoms with van der Waals surface area (Å²) in [5.41, 5.74) is 7.83. The van der Waals surface area contributed by atoms with Crippen molar-refractivity contribution in [2.24, 2.45) is 12.8 Å². The van der Waals surface area contributed by atoms with Crippen LogP contribution in [0.5, 0.6) is 0 Å². The molecule has 0 saturated carbocycles. The molecule has 0 unspecified atom stereocenters. The lowest BCUT2D eigenvalue weighted by atomic mass is 10.0. The van der Waals surface area contributed by atoms with E-state index in [9.17, 15) is 4.79 Å². The van der Waals surface area contributed by atoms with Crippen LogP contribution in [0.25, 0.3) is 0 Å². The number of esters is 1. The van der Waals surface area contributed by atoms with Crippen LogP contribution in [0.3, 0.4) is 0 Å². The zero-order valence-corrected chi connectivity index (χ0v) is 10.1. The second-order valence-corrected chi connectivity index (χ2v) is 3.67. The van der Waals surface area contributed by atoms with E-state index in [0.717, 1.165) is 17.7 Å². The first-order valence-electron chi connectivity index (χ1n) is 5.52. The Labute approximate surface area is 95.6 Å². The summed E-state index contributed by atoms with van der Waals surface area (Å²) in [5.74, 6) is -0.263. The smallest absolute Gasteiger partial charge is 0.307 e. The van der Waals surface area contributed by atoms with E-state index in [4.69, 9.17) is 10.5 Å². The summed E-state index contributed by atoms with van der Waals surface area (Å²) >= 11 is 0. The number of aromatic nitrogens is 2. The predicted octanol–water partition coefficient (Wildman–Crippen LogP) is 0.935. The van der Waals surface area contributed by atoms with Crippen LogP contribution in [0.2, 0.25) is 0 Å². The molecular formula is C11H19N3O2. The van der Waals surface area contributed by atoms with E-state index >= 15 is 0 Å². The van der Waals surface area contributed by atoms with E-state index in [1.807, 2.05) is 20.2 Å². The zero-order valence-electron chi connectivity index (χ0n) is 10.1. The second kappa shape index (κ2) is 5.65. The Morgan fingerprint density at radius 3 is 2.88 bits per heavy atom. The topological polar surface area (TPSA) is 70.1 Å². The predicted molar refractivity (Wildman–Crippen MR) is 60.8 cm³/mol. The van der Waals surface area contributed by atoms with Crippen molar-refractivity contribution in [2.75, 3.05) is 6.61 Å². The number of aryl methyl sites for hydroxylation is 2. The van der Waals surface area contributed by atoms with Gasteiger partial charge in [-0.2, -0.15) is 5.10 Å². The highest BCUT2D eigenvalue weighted by Gasteiger charge is 2.17. The highest BCUT2D eigenvalue weighted by molar-refractivity contribution is 5.70. The Kier molecular flexibility index (Phi) is 4.49. The Morgan fingerprint density at radius 2 is 2.31 bits per heavy atom. The standard InChI is InChI=1S/C11H19N3O2/c1-4-10-8(7-14(3)13-10)9(12)6-11(15)16-5-2/h7,9H,4-6,12H2,1-3H3/t9-/m1/s1. The molecule has 0 aromatic carbocycles. The molecule has 5 nitrogen and oxygen atoms in total. The van der Waals surface area contributed by atoms with Crippen LogP contribution in [0.15, 0.2) is 6.20 Å². The van der Waals surface area contributed by atoms with Gasteiger partial charge in [0.1, 0.15) is 0 Å². The second-order valence-electron chi connectivity index (χ2n) is 3.67. The molecule has 1 aromatic rings. The molecule has 1 aromatic heterocycles. The summed E-state index contributed by atoms with van der Waals surface area (Å²) in [5, 5.41) is 4.29. The molecule has 0 amide bonds. The van der Waals surface area contributed by atoms with Gasteiger partial charge in [0.05, 0.1) is 18.7 Å². The zero-order chi connectivity index (χ0) is 12.1. The monoisotopic (exact) mass is 225 g/mol. The lowest BCUT2D eigenvalue weighted by Gasteiger charge is -2.10. The van der Waals surface area contributed by atoms with Crippen LogP contribution in [0.4, 0.5) is 0 Å². The van der Waals surface area contributed by atoms with E-state index in [0.29, 0.717) is 6.61 Å². The highest BCUT2D eigenvalue weighted by atomic mass is 16.5. The molecule has 16 heavy (non-hydrogen) atoms. The quantitative estimate of drug-likeness (QED) is 0.757. The third-order valence-electron chi connectivity index (χ3n) is 2.36. The summed E-state index contributed by atoms with van der Waals surface area (Å²) in [6.45, 7) is 4.19. The van der Waals surface area contributed by atoms with E-state index in [1.54, 1.807) is 11.6 Å². The van der Waals surface area contributed by atoms with Crippen molar-refractivity contribution in [3.05, 3.63) is 17.5 Å². The molecule has 1 atom stereocenters. The summed E-state index contributed by atoms with van der Waals surface area (Å²) in [6, 6.07) is -0.331. The molecule has 5 heteroatoms. The van der Waals surface area contributed by atoms with Gasteiger partial charge in [0.25, 0.3) is 0 Å². The molecule has 90 valence electrons. The molecule has 1 heterocycles. The number of rotatable bonds is 5. The van der Waals surface area contributed by atoms with Crippen molar-refractivity contribution in [1.82, 2.24) is 9.78 Å². The molecule has 1 rings (SSSR count). The van der Waals surface area contributed by atoms with Gasteiger partial charge in [-0.1, -0.05) is 6.92 Å². The van der Waals surface area contributed by atoms with Crippen LogP contribution in [-0.2, 0) is 23.0 Å². The number of ether oxygens (including phenoxy) is 1. The molecule has 0 saturated heterocycles. The van der Waals surface area contributed by atoms with Crippen molar-refractivity contribution in [1.29, 1.82) is 0 Å². The van der Waals surface area contributed by atoms with E-state index in [-0.39, 0.29) is 18.4 Å². The molecule has 0 spiro atoms. The summed E-state index contributed by atoms with van der Waals surface area (Å²) < 4.78 is 6.59. The summed E-state index contributed by atoms with van der Waals surface area (Å²) in [7, 11) is 1.85. The van der Waals surface area contributed by atoms with Gasteiger partial charge in [0.2, 0.25) is 0 Å². The maximum atomic E-state index is 11.3. The van der Waals surface area contributed by atoms with E-state index in [1.165, 1.54) is 0 Å². The molecule has 0 aliphatic rings. The first-order valence-corrected chi connectivity index (χ1v) is 5.52. The maximum Gasteiger partial charge on any atom is 0.307 e. The van der Waals surface area contributed by atoms with Gasteiger partial charge in [-0.3, -0.25) is 9.48 Å². The minimum atomic E-state index is -0.331. The number of hydrogen-bond donors (Lipinski definition) is 1. The van der Waals surface area contributed by atoms with Crippen LogP contribution in [0, 0.1) is 0 Å². The van der Waals surface area contributed by atoms with Crippen molar-refractivity contribution >= 4 is 5.97 Å². The molecule has 0 bridgehead atoms. The molecule has 0 aliphatic heterocycles. The number of carbonyl (C=O) groups excluding carboxylic acids is 1. The fraction of sp³-hybridized carbons (Fsp3) is 0.636. The Morgan fingerprint density at radius 1 is 1.62 bits per heavy atom. The number of carbonyl (C=O) groups is 1. The average Bonchev–Trinajstić information content (AvgIpc) is 2.59. The normalized spacial score (nSPS) is 12.5. The molecule has 2 N–H and O–H groups in total. The molecular weight excluding hydrogens is 206 g/mol. The Hall–Kier alpha value is -1.36. The number of hydrogen-bond acceptors (Lipinski definition) is 4. The fourth-order valence-electron chi connectivity index (χ4n) is 1.65. The number of nitrogens with two attached hydrogens (primary N) is 1. The molecule has 0 fully saturated rings. The van der Waals surface area contributed by atoms with Crippen molar-refractivity contribution < 1.29 is 9.53 Å². The largest absolute Gasteiger partial charge is 0.466 e. The first-order chi connectivity index (χ1) is 7.58. The molecule has 0 aliphatic carbocycles. The maximum absolute atomic E-state index is 11.3. The van der Waals surface area contributed by atoms with Gasteiger partial charge in [0.15, 0.2) is 0 Å². The van der Waals surface area contributed by atoms with Gasteiger partial charge < -0.3 is 10.5 Å². The van der Waals surface area contributed by atoms with Crippen LogP contribution < -0.4 is 5.73 Å². The lowest BCUT2D eigenvalue weighted by molar-refractivity contribution is -0.143. The lowest BCUT2D eigenvalue weighted by Crippen LogP contribution is -2.18. The first kappa shape index (κ1) is 12.7. The van der Waals surface area contributed by atoms with E-state index in [2.05, 4.69) is 5.10 Å². The highest BCUT2D eigenvalue weighted by Crippen LogP contribution is 2.18. The molecule has 0 radical (unpaired) electrons. The van der Waals surface area contributed by atoms with Gasteiger partial charge >= 0.3 is 5.97 Å².